The number of aromatic nitrogens is 3. The van der Waals surface area contributed by atoms with E-state index in [1.165, 1.54) is 13.4 Å². The molecule has 0 bridgehead atoms. The molecule has 0 spiro atoms. The van der Waals surface area contributed by atoms with Crippen molar-refractivity contribution < 1.29 is 14.3 Å². The summed E-state index contributed by atoms with van der Waals surface area (Å²) >= 11 is 0. The van der Waals surface area contributed by atoms with Crippen LogP contribution in [0.5, 0.6) is 5.75 Å². The number of methoxy groups -OCH3 is 2. The highest BCUT2D eigenvalue weighted by Gasteiger charge is 2.11. The van der Waals surface area contributed by atoms with E-state index < -0.39 is 5.97 Å². The minimum atomic E-state index is -0.542. The van der Waals surface area contributed by atoms with Gasteiger partial charge in [-0.3, -0.25) is 0 Å². The highest BCUT2D eigenvalue weighted by atomic mass is 16.5. The van der Waals surface area contributed by atoms with Gasteiger partial charge in [0, 0.05) is 0 Å². The first-order valence-corrected chi connectivity index (χ1v) is 5.33. The normalized spacial score (nSPS) is 10.1. The number of carbonyl (C=O) groups is 1. The van der Waals surface area contributed by atoms with E-state index in [0.717, 1.165) is 11.3 Å². The number of benzene rings is 1. The van der Waals surface area contributed by atoms with Crippen LogP contribution in [0.3, 0.4) is 0 Å². The van der Waals surface area contributed by atoms with Crippen LogP contribution in [0.15, 0.2) is 30.6 Å². The zero-order valence-electron chi connectivity index (χ0n) is 10.2. The number of hydrogen-bond acceptors (Lipinski definition) is 5. The standard InChI is InChI=1S/C12H13N3O3/c1-17-10-5-3-4-9(6-10)7-15-8-13-11(14-15)12(16)18-2/h3-6,8H,7H2,1-2H3. The van der Waals surface area contributed by atoms with E-state index in [0.29, 0.717) is 6.54 Å². The first-order chi connectivity index (χ1) is 8.72. The summed E-state index contributed by atoms with van der Waals surface area (Å²) in [5.74, 6) is 0.292. The summed E-state index contributed by atoms with van der Waals surface area (Å²) in [5, 5.41) is 4.02. The lowest BCUT2D eigenvalue weighted by molar-refractivity contribution is 0.0586. The molecule has 0 N–H and O–H groups in total. The Hall–Kier alpha value is -2.37. The molecular formula is C12H13N3O3. The van der Waals surface area contributed by atoms with Crippen molar-refractivity contribution in [1.29, 1.82) is 0 Å². The lowest BCUT2D eigenvalue weighted by Crippen LogP contribution is -2.06. The smallest absolute Gasteiger partial charge is 0.377 e. The predicted octanol–water partition coefficient (Wildman–Crippen LogP) is 1.12. The summed E-state index contributed by atoms with van der Waals surface area (Å²) in [7, 11) is 2.91. The molecular weight excluding hydrogens is 234 g/mol. The van der Waals surface area contributed by atoms with Crippen LogP contribution in [-0.2, 0) is 11.3 Å². The lowest BCUT2D eigenvalue weighted by atomic mass is 10.2. The van der Waals surface area contributed by atoms with Crippen molar-refractivity contribution in [2.45, 2.75) is 6.54 Å². The van der Waals surface area contributed by atoms with Gasteiger partial charge in [-0.15, -0.1) is 5.10 Å². The second-order valence-corrected chi connectivity index (χ2v) is 3.61. The molecule has 0 aliphatic heterocycles. The van der Waals surface area contributed by atoms with Gasteiger partial charge in [0.15, 0.2) is 0 Å². The van der Waals surface area contributed by atoms with E-state index in [1.807, 2.05) is 24.3 Å². The number of ether oxygens (including phenoxy) is 2. The molecule has 0 saturated heterocycles. The second kappa shape index (κ2) is 5.31. The van der Waals surface area contributed by atoms with Gasteiger partial charge in [-0.2, -0.15) is 0 Å². The lowest BCUT2D eigenvalue weighted by Gasteiger charge is -2.03. The summed E-state index contributed by atoms with van der Waals surface area (Å²) in [6.45, 7) is 0.515. The molecule has 0 amide bonds. The predicted molar refractivity (Wildman–Crippen MR) is 63.5 cm³/mol. The maximum Gasteiger partial charge on any atom is 0.377 e. The summed E-state index contributed by atoms with van der Waals surface area (Å²) in [4.78, 5) is 15.1. The highest BCUT2D eigenvalue weighted by Crippen LogP contribution is 2.13. The number of hydrogen-bond donors (Lipinski definition) is 0. The van der Waals surface area contributed by atoms with E-state index in [-0.39, 0.29) is 5.82 Å². The third kappa shape index (κ3) is 2.65. The van der Waals surface area contributed by atoms with Crippen LogP contribution >= 0.6 is 0 Å². The Morgan fingerprint density at radius 1 is 1.39 bits per heavy atom. The Balaban J connectivity index is 2.13. The van der Waals surface area contributed by atoms with E-state index in [1.54, 1.807) is 11.8 Å². The van der Waals surface area contributed by atoms with Crippen molar-refractivity contribution in [3.63, 3.8) is 0 Å². The molecule has 0 unspecified atom stereocenters. The molecule has 94 valence electrons. The number of nitrogens with zero attached hydrogens (tertiary/aromatic N) is 3. The van der Waals surface area contributed by atoms with Gasteiger partial charge in [0.2, 0.25) is 0 Å². The summed E-state index contributed by atoms with van der Waals surface area (Å²) in [6, 6.07) is 7.61. The molecule has 6 heteroatoms. The average molecular weight is 247 g/mol. The summed E-state index contributed by atoms with van der Waals surface area (Å²) in [5.41, 5.74) is 1.01. The van der Waals surface area contributed by atoms with Crippen LogP contribution in [0.25, 0.3) is 0 Å². The molecule has 2 rings (SSSR count). The molecule has 0 aliphatic carbocycles. The summed E-state index contributed by atoms with van der Waals surface area (Å²) < 4.78 is 11.2. The molecule has 0 radical (unpaired) electrons. The van der Waals surface area contributed by atoms with Crippen molar-refractivity contribution in [3.8, 4) is 5.75 Å². The Bertz CT molecular complexity index is 551. The number of rotatable bonds is 4. The van der Waals surface area contributed by atoms with Crippen LogP contribution in [-0.4, -0.2) is 35.0 Å². The third-order valence-electron chi connectivity index (χ3n) is 2.38. The molecule has 1 aromatic carbocycles. The zero-order valence-corrected chi connectivity index (χ0v) is 10.2. The topological polar surface area (TPSA) is 66.2 Å². The van der Waals surface area contributed by atoms with Crippen molar-refractivity contribution in [1.82, 2.24) is 14.8 Å². The SMILES string of the molecule is COC(=O)c1ncn(Cc2cccc(OC)c2)n1. The molecule has 1 aromatic heterocycles. The van der Waals surface area contributed by atoms with Crippen LogP contribution in [0, 0.1) is 0 Å². The fourth-order valence-corrected chi connectivity index (χ4v) is 1.51. The zero-order chi connectivity index (χ0) is 13.0. The Morgan fingerprint density at radius 2 is 2.22 bits per heavy atom. The second-order valence-electron chi connectivity index (χ2n) is 3.61. The number of carbonyl (C=O) groups excluding carboxylic acids is 1. The fourth-order valence-electron chi connectivity index (χ4n) is 1.51. The molecule has 18 heavy (non-hydrogen) atoms. The average Bonchev–Trinajstić information content (AvgIpc) is 2.86. The maximum absolute atomic E-state index is 11.2. The molecule has 0 fully saturated rings. The van der Waals surface area contributed by atoms with Crippen molar-refractivity contribution in [2.75, 3.05) is 14.2 Å². The molecule has 2 aromatic rings. The van der Waals surface area contributed by atoms with E-state index in [9.17, 15) is 4.79 Å². The van der Waals surface area contributed by atoms with E-state index >= 15 is 0 Å². The first kappa shape index (κ1) is 12.1. The van der Waals surface area contributed by atoms with Gasteiger partial charge in [-0.25, -0.2) is 14.5 Å². The van der Waals surface area contributed by atoms with Crippen molar-refractivity contribution in [2.24, 2.45) is 0 Å². The molecule has 0 saturated carbocycles. The summed E-state index contributed by atoms with van der Waals surface area (Å²) in [6.07, 6.45) is 1.49. The van der Waals surface area contributed by atoms with Crippen molar-refractivity contribution >= 4 is 5.97 Å². The van der Waals surface area contributed by atoms with Crippen LogP contribution < -0.4 is 4.74 Å². The minimum absolute atomic E-state index is 0.0559. The minimum Gasteiger partial charge on any atom is -0.497 e. The molecule has 1 heterocycles. The van der Waals surface area contributed by atoms with E-state index in [4.69, 9.17) is 4.74 Å². The molecule has 0 aliphatic rings. The van der Waals surface area contributed by atoms with Gasteiger partial charge in [0.1, 0.15) is 12.1 Å². The number of esters is 1. The Morgan fingerprint density at radius 3 is 2.94 bits per heavy atom. The van der Waals surface area contributed by atoms with Gasteiger partial charge in [-0.1, -0.05) is 12.1 Å². The van der Waals surface area contributed by atoms with Gasteiger partial charge in [-0.05, 0) is 17.7 Å². The van der Waals surface area contributed by atoms with Crippen LogP contribution in [0.4, 0.5) is 0 Å². The maximum atomic E-state index is 11.2. The van der Waals surface area contributed by atoms with E-state index in [2.05, 4.69) is 14.8 Å². The Kier molecular flexibility index (Phi) is 3.57. The first-order valence-electron chi connectivity index (χ1n) is 5.33. The van der Waals surface area contributed by atoms with Gasteiger partial charge in [0.25, 0.3) is 5.82 Å². The van der Waals surface area contributed by atoms with Crippen LogP contribution in [0.2, 0.25) is 0 Å². The van der Waals surface area contributed by atoms with Gasteiger partial charge < -0.3 is 9.47 Å². The monoisotopic (exact) mass is 247 g/mol. The highest BCUT2D eigenvalue weighted by molar-refractivity contribution is 5.84. The fraction of sp³-hybridized carbons (Fsp3) is 0.250. The Labute approximate surface area is 104 Å². The largest absolute Gasteiger partial charge is 0.497 e. The van der Waals surface area contributed by atoms with Gasteiger partial charge >= 0.3 is 5.97 Å². The molecule has 0 atom stereocenters. The van der Waals surface area contributed by atoms with Crippen LogP contribution in [0.1, 0.15) is 16.2 Å². The van der Waals surface area contributed by atoms with Crippen molar-refractivity contribution in [3.05, 3.63) is 42.0 Å². The molecule has 6 nitrogen and oxygen atoms in total. The quantitative estimate of drug-likeness (QED) is 0.757. The van der Waals surface area contributed by atoms with Gasteiger partial charge in [0.05, 0.1) is 20.8 Å². The third-order valence-corrected chi connectivity index (χ3v) is 2.38.